The Hall–Kier alpha value is -2.06. The van der Waals surface area contributed by atoms with E-state index in [1.807, 2.05) is 36.4 Å². The second-order valence-corrected chi connectivity index (χ2v) is 5.52. The van der Waals surface area contributed by atoms with Gasteiger partial charge in [0.05, 0.1) is 5.60 Å². The molecule has 0 saturated heterocycles. The molecule has 0 bridgehead atoms. The number of hydrogen-bond donors (Lipinski definition) is 0. The Kier molecular flexibility index (Phi) is 2.91. The van der Waals surface area contributed by atoms with Crippen LogP contribution in [0.1, 0.15) is 19.4 Å². The van der Waals surface area contributed by atoms with Gasteiger partial charge < -0.3 is 9.47 Å². The third-order valence-corrected chi connectivity index (χ3v) is 3.51. The summed E-state index contributed by atoms with van der Waals surface area (Å²) in [4.78, 5) is 0. The molecule has 0 amide bonds. The quantitative estimate of drug-likeness (QED) is 0.588. The first-order chi connectivity index (χ1) is 9.57. The number of fused-ring (bicyclic) bond motifs is 2. The van der Waals surface area contributed by atoms with Gasteiger partial charge in [0.1, 0.15) is 11.5 Å². The van der Waals surface area contributed by atoms with Gasteiger partial charge in [0.25, 0.3) is 0 Å². The van der Waals surface area contributed by atoms with Crippen LogP contribution in [0, 0.1) is 0 Å². The maximum Gasteiger partial charge on any atom is 0.173 e. The molecular formula is C18H18O2. The molecule has 102 valence electrons. The van der Waals surface area contributed by atoms with Crippen molar-refractivity contribution in [2.75, 3.05) is 0 Å². The van der Waals surface area contributed by atoms with Crippen molar-refractivity contribution in [2.24, 2.45) is 0 Å². The van der Waals surface area contributed by atoms with Gasteiger partial charge in [0.15, 0.2) is 5.60 Å². The van der Waals surface area contributed by atoms with Crippen molar-refractivity contribution in [3.8, 4) is 5.75 Å². The molecule has 1 aromatic rings. The topological polar surface area (TPSA) is 18.5 Å². The third-order valence-electron chi connectivity index (χ3n) is 3.51. The molecule has 2 heteroatoms. The molecule has 0 aromatic heterocycles. The van der Waals surface area contributed by atoms with Gasteiger partial charge in [0, 0.05) is 5.56 Å². The molecule has 1 atom stereocenters. The summed E-state index contributed by atoms with van der Waals surface area (Å²) < 4.78 is 12.3. The zero-order valence-corrected chi connectivity index (χ0v) is 11.8. The molecule has 0 fully saturated rings. The van der Waals surface area contributed by atoms with Gasteiger partial charge >= 0.3 is 0 Å². The van der Waals surface area contributed by atoms with Gasteiger partial charge in [-0.3, -0.25) is 0 Å². The highest BCUT2D eigenvalue weighted by Gasteiger charge is 2.50. The van der Waals surface area contributed by atoms with E-state index in [4.69, 9.17) is 9.47 Å². The summed E-state index contributed by atoms with van der Waals surface area (Å²) in [5, 5.41) is 0. The molecule has 3 rings (SSSR count). The van der Waals surface area contributed by atoms with E-state index in [0.29, 0.717) is 0 Å². The van der Waals surface area contributed by atoms with E-state index in [1.54, 1.807) is 6.08 Å². The molecule has 1 unspecified atom stereocenters. The summed E-state index contributed by atoms with van der Waals surface area (Å²) in [6, 6.07) is 8.00. The van der Waals surface area contributed by atoms with Crippen molar-refractivity contribution in [3.63, 3.8) is 0 Å². The Labute approximate surface area is 119 Å². The van der Waals surface area contributed by atoms with Gasteiger partial charge in [0.2, 0.25) is 0 Å². The van der Waals surface area contributed by atoms with Crippen molar-refractivity contribution < 1.29 is 9.47 Å². The molecule has 1 aromatic carbocycles. The fraction of sp³-hybridized carbons (Fsp3) is 0.222. The highest BCUT2D eigenvalue weighted by molar-refractivity contribution is 5.54. The van der Waals surface area contributed by atoms with Crippen LogP contribution in [-0.2, 0) is 10.3 Å². The highest BCUT2D eigenvalue weighted by atomic mass is 16.6. The minimum Gasteiger partial charge on any atom is -0.457 e. The minimum absolute atomic E-state index is 0.304. The van der Waals surface area contributed by atoms with Crippen molar-refractivity contribution in [1.29, 1.82) is 0 Å². The van der Waals surface area contributed by atoms with Gasteiger partial charge in [-0.2, -0.15) is 0 Å². The predicted octanol–water partition coefficient (Wildman–Crippen LogP) is 4.27. The van der Waals surface area contributed by atoms with Crippen LogP contribution in [0.2, 0.25) is 0 Å². The molecule has 20 heavy (non-hydrogen) atoms. The molecule has 1 spiro atoms. The van der Waals surface area contributed by atoms with Crippen LogP contribution in [-0.4, -0.2) is 5.60 Å². The number of allylic oxidation sites excluding steroid dienone is 4. The van der Waals surface area contributed by atoms with Gasteiger partial charge in [-0.1, -0.05) is 49.1 Å². The number of benzene rings is 1. The third kappa shape index (κ3) is 1.93. The lowest BCUT2D eigenvalue weighted by atomic mass is 9.93. The SMILES string of the molecule is C=C/C=C\C=C1/Oc2ccccc2C12C=CC(C)(C)O2. The van der Waals surface area contributed by atoms with Crippen molar-refractivity contribution in [2.45, 2.75) is 25.0 Å². The molecule has 2 nitrogen and oxygen atoms in total. The molecular weight excluding hydrogens is 248 g/mol. The number of rotatable bonds is 2. The maximum absolute atomic E-state index is 6.30. The van der Waals surface area contributed by atoms with Crippen LogP contribution in [0.3, 0.4) is 0 Å². The highest BCUT2D eigenvalue weighted by Crippen LogP contribution is 2.52. The number of hydrogen-bond acceptors (Lipinski definition) is 2. The minimum atomic E-state index is -0.606. The number of para-hydroxylation sites is 1. The predicted molar refractivity (Wildman–Crippen MR) is 80.5 cm³/mol. The maximum atomic E-state index is 6.30. The van der Waals surface area contributed by atoms with Crippen LogP contribution < -0.4 is 4.74 Å². The van der Waals surface area contributed by atoms with Gasteiger partial charge in [-0.05, 0) is 32.1 Å². The second-order valence-electron chi connectivity index (χ2n) is 5.52. The van der Waals surface area contributed by atoms with E-state index in [0.717, 1.165) is 17.1 Å². The normalized spacial score (nSPS) is 28.2. The van der Waals surface area contributed by atoms with E-state index in [-0.39, 0.29) is 5.60 Å². The zero-order valence-electron chi connectivity index (χ0n) is 11.8. The van der Waals surface area contributed by atoms with E-state index >= 15 is 0 Å². The van der Waals surface area contributed by atoms with Crippen molar-refractivity contribution in [3.05, 3.63) is 78.6 Å². The van der Waals surface area contributed by atoms with Crippen molar-refractivity contribution in [1.82, 2.24) is 0 Å². The number of ether oxygens (including phenoxy) is 2. The Morgan fingerprint density at radius 1 is 1.10 bits per heavy atom. The molecule has 2 aliphatic rings. The summed E-state index contributed by atoms with van der Waals surface area (Å²) >= 11 is 0. The average molecular weight is 266 g/mol. The molecule has 0 radical (unpaired) electrons. The second kappa shape index (κ2) is 4.50. The first-order valence-corrected chi connectivity index (χ1v) is 6.75. The van der Waals surface area contributed by atoms with E-state index in [1.165, 1.54) is 0 Å². The standard InChI is InChI=1S/C18H18O2/c1-4-5-6-11-16-18(13-12-17(2,3)20-18)14-9-7-8-10-15(14)19-16/h4-13H,1H2,2-3H3/b6-5-,16-11-. The molecule has 2 aliphatic heterocycles. The Morgan fingerprint density at radius 2 is 1.90 bits per heavy atom. The Bertz CT molecular complexity index is 635. The molecule has 0 N–H and O–H groups in total. The fourth-order valence-corrected chi connectivity index (χ4v) is 2.65. The van der Waals surface area contributed by atoms with Crippen molar-refractivity contribution >= 4 is 0 Å². The van der Waals surface area contributed by atoms with E-state index in [9.17, 15) is 0 Å². The first-order valence-electron chi connectivity index (χ1n) is 6.75. The monoisotopic (exact) mass is 266 g/mol. The van der Waals surface area contributed by atoms with E-state index in [2.05, 4.69) is 38.6 Å². The molecule has 0 aliphatic carbocycles. The first kappa shape index (κ1) is 12.9. The van der Waals surface area contributed by atoms with Crippen LogP contribution in [0.25, 0.3) is 0 Å². The summed E-state index contributed by atoms with van der Waals surface area (Å²) in [7, 11) is 0. The molecule has 0 saturated carbocycles. The summed E-state index contributed by atoms with van der Waals surface area (Å²) in [6.45, 7) is 7.78. The average Bonchev–Trinajstić information content (AvgIpc) is 2.90. The Morgan fingerprint density at radius 3 is 2.60 bits per heavy atom. The molecule has 2 heterocycles. The van der Waals surface area contributed by atoms with Gasteiger partial charge in [-0.15, -0.1) is 0 Å². The zero-order chi connectivity index (χ0) is 14.2. The van der Waals surface area contributed by atoms with Crippen LogP contribution in [0.4, 0.5) is 0 Å². The summed E-state index contributed by atoms with van der Waals surface area (Å²) in [6.07, 6.45) is 11.6. The smallest absolute Gasteiger partial charge is 0.173 e. The lowest BCUT2D eigenvalue weighted by Gasteiger charge is -2.28. The summed E-state index contributed by atoms with van der Waals surface area (Å²) in [5.41, 5.74) is 0.147. The van der Waals surface area contributed by atoms with Crippen LogP contribution >= 0.6 is 0 Å². The Balaban J connectivity index is 2.11. The van der Waals surface area contributed by atoms with Crippen LogP contribution in [0.15, 0.2) is 73.1 Å². The van der Waals surface area contributed by atoms with Gasteiger partial charge in [-0.25, -0.2) is 0 Å². The van der Waals surface area contributed by atoms with E-state index < -0.39 is 5.60 Å². The largest absolute Gasteiger partial charge is 0.457 e. The lowest BCUT2D eigenvalue weighted by molar-refractivity contribution is -0.0583. The summed E-state index contributed by atoms with van der Waals surface area (Å²) in [5.74, 6) is 1.65. The lowest BCUT2D eigenvalue weighted by Crippen LogP contribution is -2.31. The van der Waals surface area contributed by atoms with Crippen LogP contribution in [0.5, 0.6) is 5.75 Å². The fourth-order valence-electron chi connectivity index (χ4n) is 2.65.